The van der Waals surface area contributed by atoms with Gasteiger partial charge in [-0.15, -0.1) is 0 Å². The van der Waals surface area contributed by atoms with E-state index in [0.29, 0.717) is 28.9 Å². The number of aromatic nitrogens is 2. The van der Waals surface area contributed by atoms with Crippen LogP contribution in [0.25, 0.3) is 11.5 Å². The second-order valence-corrected chi connectivity index (χ2v) is 6.28. The molecule has 0 aliphatic heterocycles. The highest BCUT2D eigenvalue weighted by Gasteiger charge is 2.29. The average molecular weight is 344 g/mol. The fraction of sp³-hybridized carbons (Fsp3) is 0.412. The molecule has 8 heteroatoms. The predicted molar refractivity (Wildman–Crippen MR) is 90.3 cm³/mol. The minimum Gasteiger partial charge on any atom is -0.481 e. The van der Waals surface area contributed by atoms with Gasteiger partial charge < -0.3 is 19.8 Å². The topological polar surface area (TPSA) is 109 Å². The van der Waals surface area contributed by atoms with Gasteiger partial charge in [-0.2, -0.15) is 4.98 Å². The average Bonchev–Trinajstić information content (AvgIpc) is 3.31. The van der Waals surface area contributed by atoms with Crippen molar-refractivity contribution in [3.05, 3.63) is 29.6 Å². The van der Waals surface area contributed by atoms with Crippen LogP contribution in [0.3, 0.4) is 0 Å². The summed E-state index contributed by atoms with van der Waals surface area (Å²) in [6, 6.07) is 5.12. The number of hydrogen-bond acceptors (Lipinski definition) is 5. The van der Waals surface area contributed by atoms with Gasteiger partial charge in [0.15, 0.2) is 5.82 Å². The van der Waals surface area contributed by atoms with Gasteiger partial charge in [0.1, 0.15) is 0 Å². The lowest BCUT2D eigenvalue weighted by Gasteiger charge is -2.18. The number of aryl methyl sites for hydroxylation is 1. The zero-order chi connectivity index (χ0) is 18.0. The van der Waals surface area contributed by atoms with E-state index in [4.69, 9.17) is 9.63 Å². The first-order valence-corrected chi connectivity index (χ1v) is 8.12. The van der Waals surface area contributed by atoms with E-state index in [2.05, 4.69) is 15.5 Å². The molecule has 0 atom stereocenters. The van der Waals surface area contributed by atoms with Crippen molar-refractivity contribution in [3.8, 4) is 11.5 Å². The van der Waals surface area contributed by atoms with Gasteiger partial charge in [0.25, 0.3) is 5.89 Å². The lowest BCUT2D eigenvalue weighted by atomic mass is 10.1. The first-order chi connectivity index (χ1) is 11.9. The molecule has 1 aromatic heterocycles. The van der Waals surface area contributed by atoms with Crippen molar-refractivity contribution >= 4 is 17.7 Å². The van der Waals surface area contributed by atoms with Crippen molar-refractivity contribution in [2.75, 3.05) is 18.9 Å². The van der Waals surface area contributed by atoms with Crippen molar-refractivity contribution in [1.82, 2.24) is 15.0 Å². The molecule has 2 N–H and O–H groups in total. The minimum atomic E-state index is -0.950. The van der Waals surface area contributed by atoms with Gasteiger partial charge in [-0.05, 0) is 31.9 Å². The van der Waals surface area contributed by atoms with Crippen LogP contribution in [0.15, 0.2) is 22.7 Å². The molecule has 1 aromatic carbocycles. The van der Waals surface area contributed by atoms with Gasteiger partial charge in [0.2, 0.25) is 0 Å². The van der Waals surface area contributed by atoms with Gasteiger partial charge in [0.05, 0.1) is 17.7 Å². The number of carboxylic acids is 1. The number of urea groups is 1. The third-order valence-electron chi connectivity index (χ3n) is 4.04. The van der Waals surface area contributed by atoms with Gasteiger partial charge in [-0.25, -0.2) is 4.79 Å². The molecule has 1 saturated carbocycles. The van der Waals surface area contributed by atoms with E-state index >= 15 is 0 Å². The monoisotopic (exact) mass is 344 g/mol. The molecule has 1 fully saturated rings. The summed E-state index contributed by atoms with van der Waals surface area (Å²) < 4.78 is 5.36. The Balaban J connectivity index is 1.78. The molecular weight excluding hydrogens is 324 g/mol. The maximum atomic E-state index is 12.3. The van der Waals surface area contributed by atoms with Crippen LogP contribution in [0.2, 0.25) is 0 Å². The summed E-state index contributed by atoms with van der Waals surface area (Å²) in [6.45, 7) is 2.06. The zero-order valence-electron chi connectivity index (χ0n) is 14.2. The minimum absolute atomic E-state index is 0.112. The van der Waals surface area contributed by atoms with Crippen LogP contribution in [0, 0.1) is 6.92 Å². The Morgan fingerprint density at radius 3 is 2.84 bits per heavy atom. The number of benzene rings is 1. The van der Waals surface area contributed by atoms with Gasteiger partial charge >= 0.3 is 12.0 Å². The van der Waals surface area contributed by atoms with Crippen molar-refractivity contribution in [2.45, 2.75) is 32.1 Å². The maximum absolute atomic E-state index is 12.3. The van der Waals surface area contributed by atoms with Crippen LogP contribution in [-0.2, 0) is 4.79 Å². The van der Waals surface area contributed by atoms with Crippen molar-refractivity contribution in [1.29, 1.82) is 0 Å². The number of carbonyl (C=O) groups excluding carboxylic acids is 1. The Kier molecular flexibility index (Phi) is 4.69. The van der Waals surface area contributed by atoms with E-state index in [1.165, 1.54) is 4.90 Å². The normalized spacial score (nSPS) is 13.5. The largest absolute Gasteiger partial charge is 0.481 e. The SMILES string of the molecule is Cc1ccc(NC(=O)N(C)CCC(=O)O)c(-c2nc(C3CC3)no2)c1. The van der Waals surface area contributed by atoms with Crippen LogP contribution >= 0.6 is 0 Å². The fourth-order valence-electron chi connectivity index (χ4n) is 2.37. The third kappa shape index (κ3) is 4.14. The Bertz CT molecular complexity index is 798. The molecule has 1 aliphatic rings. The number of rotatable bonds is 6. The summed E-state index contributed by atoms with van der Waals surface area (Å²) in [5.74, 6) is 0.498. The van der Waals surface area contributed by atoms with Crippen molar-refractivity contribution < 1.29 is 19.2 Å². The molecular formula is C17H20N4O4. The Labute approximate surface area is 144 Å². The summed E-state index contributed by atoms with van der Waals surface area (Å²) >= 11 is 0. The van der Waals surface area contributed by atoms with Crippen molar-refractivity contribution in [2.24, 2.45) is 0 Å². The molecule has 1 heterocycles. The number of nitrogens with one attached hydrogen (secondary N) is 1. The number of amides is 2. The predicted octanol–water partition coefficient (Wildman–Crippen LogP) is 2.86. The first-order valence-electron chi connectivity index (χ1n) is 8.12. The standard InChI is InChI=1S/C17H20N4O4/c1-10-3-6-13(18-17(24)21(2)8-7-14(22)23)12(9-10)16-19-15(20-25-16)11-4-5-11/h3,6,9,11H,4-5,7-8H2,1-2H3,(H,18,24)(H,22,23). The highest BCUT2D eigenvalue weighted by atomic mass is 16.5. The number of nitrogens with zero attached hydrogens (tertiary/aromatic N) is 3. The number of carboxylic acid groups (broad SMARTS) is 1. The summed E-state index contributed by atoms with van der Waals surface area (Å²) in [4.78, 5) is 28.7. The number of aliphatic carboxylic acids is 1. The maximum Gasteiger partial charge on any atom is 0.321 e. The molecule has 0 radical (unpaired) electrons. The van der Waals surface area contributed by atoms with Gasteiger partial charge in [-0.3, -0.25) is 4.79 Å². The molecule has 0 unspecified atom stereocenters. The molecule has 25 heavy (non-hydrogen) atoms. The second kappa shape index (κ2) is 6.92. The Morgan fingerprint density at radius 1 is 1.40 bits per heavy atom. The summed E-state index contributed by atoms with van der Waals surface area (Å²) in [5.41, 5.74) is 2.20. The fourth-order valence-corrected chi connectivity index (χ4v) is 2.37. The molecule has 132 valence electrons. The van der Waals surface area contributed by atoms with Gasteiger partial charge in [-0.1, -0.05) is 16.8 Å². The summed E-state index contributed by atoms with van der Waals surface area (Å²) in [7, 11) is 1.55. The lowest BCUT2D eigenvalue weighted by molar-refractivity contribution is -0.137. The quantitative estimate of drug-likeness (QED) is 0.834. The van der Waals surface area contributed by atoms with Crippen LogP contribution in [-0.4, -0.2) is 45.7 Å². The number of carbonyl (C=O) groups is 2. The van der Waals surface area contributed by atoms with Crippen LogP contribution < -0.4 is 5.32 Å². The lowest BCUT2D eigenvalue weighted by Crippen LogP contribution is -2.33. The number of anilines is 1. The molecule has 0 spiro atoms. The van der Waals surface area contributed by atoms with E-state index in [1.807, 2.05) is 19.1 Å². The Morgan fingerprint density at radius 2 is 2.16 bits per heavy atom. The third-order valence-corrected chi connectivity index (χ3v) is 4.04. The van der Waals surface area contributed by atoms with E-state index in [-0.39, 0.29) is 13.0 Å². The smallest absolute Gasteiger partial charge is 0.321 e. The number of hydrogen-bond donors (Lipinski definition) is 2. The zero-order valence-corrected chi connectivity index (χ0v) is 14.2. The van der Waals surface area contributed by atoms with E-state index in [1.54, 1.807) is 13.1 Å². The highest BCUT2D eigenvalue weighted by molar-refractivity contribution is 5.93. The Hall–Kier alpha value is -2.90. The summed E-state index contributed by atoms with van der Waals surface area (Å²) in [6.07, 6.45) is 2.04. The second-order valence-electron chi connectivity index (χ2n) is 6.28. The van der Waals surface area contributed by atoms with Crippen LogP contribution in [0.5, 0.6) is 0 Å². The van der Waals surface area contributed by atoms with E-state index in [9.17, 15) is 9.59 Å². The molecule has 0 bridgehead atoms. The molecule has 2 amide bonds. The van der Waals surface area contributed by atoms with Crippen LogP contribution in [0.1, 0.15) is 36.6 Å². The van der Waals surface area contributed by atoms with E-state index < -0.39 is 12.0 Å². The molecule has 0 saturated heterocycles. The van der Waals surface area contributed by atoms with Crippen LogP contribution in [0.4, 0.5) is 10.5 Å². The molecule has 8 nitrogen and oxygen atoms in total. The molecule has 3 rings (SSSR count). The molecule has 1 aliphatic carbocycles. The highest BCUT2D eigenvalue weighted by Crippen LogP contribution is 2.39. The van der Waals surface area contributed by atoms with E-state index in [0.717, 1.165) is 18.4 Å². The first kappa shape index (κ1) is 16.9. The van der Waals surface area contributed by atoms with Gasteiger partial charge in [0, 0.05) is 19.5 Å². The molecule has 2 aromatic rings. The summed E-state index contributed by atoms with van der Waals surface area (Å²) in [5, 5.41) is 15.5. The van der Waals surface area contributed by atoms with Crippen molar-refractivity contribution in [3.63, 3.8) is 0 Å².